The van der Waals surface area contributed by atoms with E-state index in [2.05, 4.69) is 15.2 Å². The van der Waals surface area contributed by atoms with Gasteiger partial charge in [0.15, 0.2) is 5.16 Å². The highest BCUT2D eigenvalue weighted by Crippen LogP contribution is 2.21. The lowest BCUT2D eigenvalue weighted by Gasteiger charge is -2.10. The normalized spacial score (nSPS) is 18.2. The van der Waals surface area contributed by atoms with Crippen molar-refractivity contribution in [1.29, 1.82) is 0 Å². The van der Waals surface area contributed by atoms with Crippen LogP contribution in [0, 0.1) is 0 Å². The third-order valence-corrected chi connectivity index (χ3v) is 4.48. The Balaban J connectivity index is 1.69. The molecule has 2 aromatic heterocycles. The molecule has 3 heterocycles. The van der Waals surface area contributed by atoms with Crippen LogP contribution in [0.2, 0.25) is 5.15 Å². The molecule has 0 aromatic carbocycles. The summed E-state index contributed by atoms with van der Waals surface area (Å²) in [6.45, 7) is 1.31. The number of nitrogens with one attached hydrogen (secondary N) is 1. The van der Waals surface area contributed by atoms with E-state index in [-0.39, 0.29) is 11.8 Å². The van der Waals surface area contributed by atoms with Gasteiger partial charge in [0.1, 0.15) is 5.15 Å². The lowest BCUT2D eigenvalue weighted by Crippen LogP contribution is -2.24. The molecule has 1 aliphatic heterocycles. The van der Waals surface area contributed by atoms with Crippen LogP contribution in [0.5, 0.6) is 0 Å². The van der Waals surface area contributed by atoms with Gasteiger partial charge in [0.25, 0.3) is 0 Å². The molecule has 2 aromatic rings. The Labute approximate surface area is 130 Å². The Morgan fingerprint density at radius 3 is 3.19 bits per heavy atom. The molecule has 0 aliphatic carbocycles. The van der Waals surface area contributed by atoms with Crippen molar-refractivity contribution in [3.05, 3.63) is 39.5 Å². The fraction of sp³-hybridized carbons (Fsp3) is 0.462. The van der Waals surface area contributed by atoms with Gasteiger partial charge in [-0.05, 0) is 25.0 Å². The van der Waals surface area contributed by atoms with Crippen molar-refractivity contribution in [2.45, 2.75) is 36.4 Å². The molecule has 1 fully saturated rings. The molecule has 0 spiro atoms. The molecular formula is C13H15ClN4O2S. The Morgan fingerprint density at radius 1 is 1.52 bits per heavy atom. The van der Waals surface area contributed by atoms with Gasteiger partial charge in [-0.3, -0.25) is 4.57 Å². The monoisotopic (exact) mass is 326 g/mol. The smallest absolute Gasteiger partial charge is 0.344 e. The fourth-order valence-corrected chi connectivity index (χ4v) is 3.28. The minimum Gasteiger partial charge on any atom is -0.376 e. The van der Waals surface area contributed by atoms with Crippen LogP contribution in [0.4, 0.5) is 0 Å². The molecule has 0 saturated carbocycles. The van der Waals surface area contributed by atoms with E-state index in [4.69, 9.17) is 16.3 Å². The minimum absolute atomic E-state index is 0.101. The van der Waals surface area contributed by atoms with Gasteiger partial charge in [-0.15, -0.1) is 5.10 Å². The summed E-state index contributed by atoms with van der Waals surface area (Å²) in [7, 11) is 0. The van der Waals surface area contributed by atoms with Crippen molar-refractivity contribution < 1.29 is 4.74 Å². The molecule has 1 atom stereocenters. The van der Waals surface area contributed by atoms with E-state index in [0.29, 0.717) is 22.6 Å². The second-order valence-corrected chi connectivity index (χ2v) is 6.13. The Kier molecular flexibility index (Phi) is 4.62. The zero-order valence-corrected chi connectivity index (χ0v) is 12.9. The largest absolute Gasteiger partial charge is 0.376 e. The molecule has 0 radical (unpaired) electrons. The SMILES string of the molecule is O=c1[nH]nc(SCc2cccc(Cl)n2)n1CC1CCCO1. The summed E-state index contributed by atoms with van der Waals surface area (Å²) in [5, 5.41) is 7.68. The molecule has 8 heteroatoms. The number of nitrogens with zero attached hydrogens (tertiary/aromatic N) is 3. The molecule has 3 rings (SSSR count). The first-order chi connectivity index (χ1) is 10.2. The number of rotatable bonds is 5. The van der Waals surface area contributed by atoms with Crippen LogP contribution in [0.3, 0.4) is 0 Å². The van der Waals surface area contributed by atoms with Crippen LogP contribution >= 0.6 is 23.4 Å². The summed E-state index contributed by atoms with van der Waals surface area (Å²) < 4.78 is 7.20. The standard InChI is InChI=1S/C13H15ClN4O2S/c14-11-5-1-3-9(15-11)8-21-13-17-16-12(19)18(13)7-10-4-2-6-20-10/h1,3,5,10H,2,4,6-8H2,(H,16,19). The van der Waals surface area contributed by atoms with Gasteiger partial charge >= 0.3 is 5.69 Å². The Morgan fingerprint density at radius 2 is 2.43 bits per heavy atom. The van der Waals surface area contributed by atoms with Crippen LogP contribution in [-0.2, 0) is 17.0 Å². The maximum Gasteiger partial charge on any atom is 0.344 e. The Bertz CT molecular complexity index is 666. The summed E-state index contributed by atoms with van der Waals surface area (Å²) in [6.07, 6.45) is 2.13. The minimum atomic E-state index is -0.202. The summed E-state index contributed by atoms with van der Waals surface area (Å²) in [4.78, 5) is 16.1. The number of aromatic amines is 1. The molecule has 6 nitrogen and oxygen atoms in total. The van der Waals surface area contributed by atoms with Crippen molar-refractivity contribution in [1.82, 2.24) is 19.7 Å². The summed E-state index contributed by atoms with van der Waals surface area (Å²) in [6, 6.07) is 5.49. The average molecular weight is 327 g/mol. The molecule has 112 valence electrons. The first-order valence-corrected chi connectivity index (χ1v) is 8.10. The third-order valence-electron chi connectivity index (χ3n) is 3.26. The fourth-order valence-electron chi connectivity index (χ4n) is 2.24. The van der Waals surface area contributed by atoms with Gasteiger partial charge in [-0.1, -0.05) is 29.4 Å². The van der Waals surface area contributed by atoms with E-state index >= 15 is 0 Å². The van der Waals surface area contributed by atoms with Crippen molar-refractivity contribution in [3.8, 4) is 0 Å². The summed E-state index contributed by atoms with van der Waals surface area (Å²) >= 11 is 7.32. The van der Waals surface area contributed by atoms with Crippen molar-refractivity contribution >= 4 is 23.4 Å². The van der Waals surface area contributed by atoms with Gasteiger partial charge < -0.3 is 4.74 Å². The second kappa shape index (κ2) is 6.64. The number of thioether (sulfide) groups is 1. The van der Waals surface area contributed by atoms with Crippen molar-refractivity contribution in [2.75, 3.05) is 6.61 Å². The maximum atomic E-state index is 11.8. The summed E-state index contributed by atoms with van der Waals surface area (Å²) in [5.41, 5.74) is 0.652. The predicted molar refractivity (Wildman–Crippen MR) is 80.6 cm³/mol. The first kappa shape index (κ1) is 14.6. The highest BCUT2D eigenvalue weighted by atomic mass is 35.5. The van der Waals surface area contributed by atoms with Gasteiger partial charge in [0, 0.05) is 12.4 Å². The van der Waals surface area contributed by atoms with E-state index in [1.807, 2.05) is 12.1 Å². The van der Waals surface area contributed by atoms with Gasteiger partial charge in [-0.2, -0.15) is 0 Å². The van der Waals surface area contributed by atoms with E-state index in [0.717, 1.165) is 25.1 Å². The number of hydrogen-bond acceptors (Lipinski definition) is 5. The van der Waals surface area contributed by atoms with E-state index in [1.165, 1.54) is 11.8 Å². The summed E-state index contributed by atoms with van der Waals surface area (Å²) in [5.74, 6) is 0.608. The number of halogens is 1. The molecule has 1 unspecified atom stereocenters. The van der Waals surface area contributed by atoms with Crippen LogP contribution in [0.1, 0.15) is 18.5 Å². The van der Waals surface area contributed by atoms with Crippen molar-refractivity contribution in [3.63, 3.8) is 0 Å². The third kappa shape index (κ3) is 3.66. The molecule has 21 heavy (non-hydrogen) atoms. The topological polar surface area (TPSA) is 72.8 Å². The maximum absolute atomic E-state index is 11.8. The molecule has 1 saturated heterocycles. The number of aromatic nitrogens is 4. The number of H-pyrrole nitrogens is 1. The second-order valence-electron chi connectivity index (χ2n) is 4.80. The molecular weight excluding hydrogens is 312 g/mol. The quantitative estimate of drug-likeness (QED) is 0.673. The molecule has 0 bridgehead atoms. The molecule has 1 aliphatic rings. The van der Waals surface area contributed by atoms with Gasteiger partial charge in [-0.25, -0.2) is 14.9 Å². The predicted octanol–water partition coefficient (Wildman–Crippen LogP) is 2.09. The first-order valence-electron chi connectivity index (χ1n) is 6.73. The highest BCUT2D eigenvalue weighted by Gasteiger charge is 2.19. The zero-order valence-electron chi connectivity index (χ0n) is 11.3. The number of pyridine rings is 1. The number of ether oxygens (including phenoxy) is 1. The Hall–Kier alpha value is -1.31. The van der Waals surface area contributed by atoms with Crippen molar-refractivity contribution in [2.24, 2.45) is 0 Å². The highest BCUT2D eigenvalue weighted by molar-refractivity contribution is 7.98. The lowest BCUT2D eigenvalue weighted by atomic mass is 10.2. The van der Waals surface area contributed by atoms with Gasteiger partial charge in [0.2, 0.25) is 0 Å². The van der Waals surface area contributed by atoms with E-state index < -0.39 is 0 Å². The lowest BCUT2D eigenvalue weighted by molar-refractivity contribution is 0.0941. The van der Waals surface area contributed by atoms with Gasteiger partial charge in [0.05, 0.1) is 18.3 Å². The zero-order chi connectivity index (χ0) is 14.7. The average Bonchev–Trinajstić information content (AvgIpc) is 3.09. The van der Waals surface area contributed by atoms with Crippen LogP contribution in [0.15, 0.2) is 28.2 Å². The van der Waals surface area contributed by atoms with E-state index in [1.54, 1.807) is 10.6 Å². The van der Waals surface area contributed by atoms with E-state index in [9.17, 15) is 4.79 Å². The molecule has 0 amide bonds. The van der Waals surface area contributed by atoms with Crippen LogP contribution in [-0.4, -0.2) is 32.5 Å². The molecule has 1 N–H and O–H groups in total. The number of hydrogen-bond donors (Lipinski definition) is 1. The van der Waals surface area contributed by atoms with Crippen LogP contribution in [0.25, 0.3) is 0 Å². The van der Waals surface area contributed by atoms with Crippen LogP contribution < -0.4 is 5.69 Å².